The van der Waals surface area contributed by atoms with Crippen molar-refractivity contribution in [3.63, 3.8) is 0 Å². The first-order valence-corrected chi connectivity index (χ1v) is 17.5. The number of pyridine rings is 1. The van der Waals surface area contributed by atoms with Crippen LogP contribution >= 0.6 is 0 Å². The molecule has 52 heavy (non-hydrogen) atoms. The molecule has 0 saturated heterocycles. The van der Waals surface area contributed by atoms with Gasteiger partial charge in [-0.25, -0.2) is 15.0 Å². The minimum absolute atomic E-state index is 0.619. The van der Waals surface area contributed by atoms with Crippen LogP contribution in [0.15, 0.2) is 182 Å². The SMILES string of the molecule is c1ccc(-c2nc(-c3ccc(-c4ccc5ccccc5c4)cc3)nc(-c3cccc(-c4cncc5ccc6c7ccccc7ccc6c45)c3)n2)cc1. The summed E-state index contributed by atoms with van der Waals surface area (Å²) < 4.78 is 0. The molecular formula is C48H30N4. The molecule has 4 heteroatoms. The second kappa shape index (κ2) is 12.4. The molecule has 0 bridgehead atoms. The van der Waals surface area contributed by atoms with Crippen LogP contribution in [-0.2, 0) is 0 Å². The highest BCUT2D eigenvalue weighted by Gasteiger charge is 2.15. The predicted molar refractivity (Wildman–Crippen MR) is 215 cm³/mol. The second-order valence-electron chi connectivity index (χ2n) is 13.1. The molecule has 0 atom stereocenters. The predicted octanol–water partition coefficient (Wildman–Crippen LogP) is 12.2. The number of rotatable bonds is 5. The monoisotopic (exact) mass is 662 g/mol. The lowest BCUT2D eigenvalue weighted by molar-refractivity contribution is 1.07. The van der Waals surface area contributed by atoms with Gasteiger partial charge in [0.1, 0.15) is 0 Å². The summed E-state index contributed by atoms with van der Waals surface area (Å²) in [7, 11) is 0. The topological polar surface area (TPSA) is 51.6 Å². The maximum atomic E-state index is 5.09. The van der Waals surface area contributed by atoms with E-state index < -0.39 is 0 Å². The van der Waals surface area contributed by atoms with Crippen molar-refractivity contribution in [2.45, 2.75) is 0 Å². The lowest BCUT2D eigenvalue weighted by atomic mass is 9.93. The molecule has 0 radical (unpaired) electrons. The van der Waals surface area contributed by atoms with Gasteiger partial charge in [0.15, 0.2) is 17.5 Å². The fourth-order valence-electron chi connectivity index (χ4n) is 7.35. The first kappa shape index (κ1) is 29.8. The molecule has 2 heterocycles. The number of nitrogens with zero attached hydrogens (tertiary/aromatic N) is 4. The summed E-state index contributed by atoms with van der Waals surface area (Å²) in [5.41, 5.74) is 7.22. The Labute approximate surface area is 300 Å². The van der Waals surface area contributed by atoms with Crippen molar-refractivity contribution in [3.05, 3.63) is 182 Å². The lowest BCUT2D eigenvalue weighted by Crippen LogP contribution is -2.00. The Bertz CT molecular complexity index is 2950. The van der Waals surface area contributed by atoms with Gasteiger partial charge in [0.25, 0.3) is 0 Å². The van der Waals surface area contributed by atoms with Crippen molar-refractivity contribution < 1.29 is 0 Å². The van der Waals surface area contributed by atoms with E-state index in [1.54, 1.807) is 0 Å². The summed E-state index contributed by atoms with van der Waals surface area (Å²) in [6, 6.07) is 59.5. The van der Waals surface area contributed by atoms with Gasteiger partial charge in [-0.2, -0.15) is 0 Å². The van der Waals surface area contributed by atoms with E-state index in [9.17, 15) is 0 Å². The lowest BCUT2D eigenvalue weighted by Gasteiger charge is -2.13. The molecule has 0 saturated carbocycles. The molecule has 4 nitrogen and oxygen atoms in total. The molecule has 0 aliphatic rings. The third kappa shape index (κ3) is 5.26. The molecule has 0 spiro atoms. The van der Waals surface area contributed by atoms with E-state index in [2.05, 4.69) is 145 Å². The minimum Gasteiger partial charge on any atom is -0.263 e. The standard InChI is InChI=1S/C48H30N4/c1-2-11-34(12-3-1)46-50-47(35-20-17-32(18-21-35)37-22-19-31-9-4-5-13-36(31)27-37)52-48(51-46)39-15-8-14-38(28-39)44-30-49-29-40-24-25-42-41-16-7-6-10-33(41)23-26-43(42)45(40)44/h1-30H. The molecule has 10 rings (SSSR count). The maximum absolute atomic E-state index is 5.09. The molecule has 0 amide bonds. The summed E-state index contributed by atoms with van der Waals surface area (Å²) in [4.78, 5) is 19.8. The first-order valence-electron chi connectivity index (χ1n) is 17.5. The fraction of sp³-hybridized carbons (Fsp3) is 0. The van der Waals surface area contributed by atoms with Crippen LogP contribution in [0.2, 0.25) is 0 Å². The average molecular weight is 663 g/mol. The zero-order valence-corrected chi connectivity index (χ0v) is 28.1. The molecule has 0 aliphatic carbocycles. The van der Waals surface area contributed by atoms with Crippen molar-refractivity contribution in [1.29, 1.82) is 0 Å². The van der Waals surface area contributed by atoms with Gasteiger partial charge in [0.2, 0.25) is 0 Å². The molecule has 8 aromatic carbocycles. The second-order valence-corrected chi connectivity index (χ2v) is 13.1. The van der Waals surface area contributed by atoms with Crippen LogP contribution in [0.5, 0.6) is 0 Å². The average Bonchev–Trinajstić information content (AvgIpc) is 3.23. The molecule has 0 aliphatic heterocycles. The summed E-state index contributed by atoms with van der Waals surface area (Å²) >= 11 is 0. The van der Waals surface area contributed by atoms with Crippen LogP contribution in [0.4, 0.5) is 0 Å². The minimum atomic E-state index is 0.619. The van der Waals surface area contributed by atoms with Gasteiger partial charge in [-0.1, -0.05) is 158 Å². The molecular weight excluding hydrogens is 633 g/mol. The summed E-state index contributed by atoms with van der Waals surface area (Å²) in [6.07, 6.45) is 3.92. The Hall–Kier alpha value is -7.04. The largest absolute Gasteiger partial charge is 0.263 e. The fourth-order valence-corrected chi connectivity index (χ4v) is 7.35. The Balaban J connectivity index is 1.09. The highest BCUT2D eigenvalue weighted by molar-refractivity contribution is 6.20. The van der Waals surface area contributed by atoms with E-state index in [1.165, 1.54) is 43.3 Å². The zero-order chi connectivity index (χ0) is 34.4. The molecule has 10 aromatic rings. The van der Waals surface area contributed by atoms with Crippen molar-refractivity contribution in [1.82, 2.24) is 19.9 Å². The van der Waals surface area contributed by atoms with Gasteiger partial charge < -0.3 is 0 Å². The van der Waals surface area contributed by atoms with Crippen LogP contribution in [0.25, 0.3) is 99.5 Å². The van der Waals surface area contributed by atoms with E-state index in [0.29, 0.717) is 17.5 Å². The maximum Gasteiger partial charge on any atom is 0.164 e. The quantitative estimate of drug-likeness (QED) is 0.172. The van der Waals surface area contributed by atoms with Crippen LogP contribution in [0.1, 0.15) is 0 Å². The van der Waals surface area contributed by atoms with Gasteiger partial charge in [0.05, 0.1) is 0 Å². The highest BCUT2D eigenvalue weighted by atomic mass is 15.0. The molecule has 0 N–H and O–H groups in total. The van der Waals surface area contributed by atoms with Gasteiger partial charge in [0, 0.05) is 45.4 Å². The molecule has 0 unspecified atom stereocenters. The number of hydrogen-bond donors (Lipinski definition) is 0. The first-order chi connectivity index (χ1) is 25.7. The van der Waals surface area contributed by atoms with Gasteiger partial charge in [-0.3, -0.25) is 4.98 Å². The van der Waals surface area contributed by atoms with Gasteiger partial charge in [-0.15, -0.1) is 0 Å². The highest BCUT2D eigenvalue weighted by Crippen LogP contribution is 2.38. The number of fused-ring (bicyclic) bond motifs is 6. The van der Waals surface area contributed by atoms with E-state index in [4.69, 9.17) is 15.0 Å². The normalized spacial score (nSPS) is 11.5. The Morgan fingerprint density at radius 2 is 0.865 bits per heavy atom. The number of aromatic nitrogens is 4. The van der Waals surface area contributed by atoms with Crippen molar-refractivity contribution in [3.8, 4) is 56.4 Å². The number of hydrogen-bond acceptors (Lipinski definition) is 4. The van der Waals surface area contributed by atoms with E-state index in [0.717, 1.165) is 38.8 Å². The molecule has 2 aromatic heterocycles. The van der Waals surface area contributed by atoms with Crippen LogP contribution in [-0.4, -0.2) is 19.9 Å². The van der Waals surface area contributed by atoms with Crippen molar-refractivity contribution in [2.75, 3.05) is 0 Å². The Kier molecular flexibility index (Phi) is 7.10. The van der Waals surface area contributed by atoms with E-state index >= 15 is 0 Å². The summed E-state index contributed by atoms with van der Waals surface area (Å²) in [5.74, 6) is 1.88. The van der Waals surface area contributed by atoms with E-state index in [1.807, 2.05) is 42.7 Å². The van der Waals surface area contributed by atoms with Crippen LogP contribution in [0.3, 0.4) is 0 Å². The van der Waals surface area contributed by atoms with Gasteiger partial charge in [-0.05, 0) is 61.1 Å². The zero-order valence-electron chi connectivity index (χ0n) is 28.1. The van der Waals surface area contributed by atoms with Gasteiger partial charge >= 0.3 is 0 Å². The van der Waals surface area contributed by atoms with Crippen LogP contribution in [0, 0.1) is 0 Å². The Morgan fingerprint density at radius 3 is 1.69 bits per heavy atom. The third-order valence-corrected chi connectivity index (χ3v) is 9.97. The number of benzene rings is 8. The van der Waals surface area contributed by atoms with Crippen molar-refractivity contribution >= 4 is 43.1 Å². The summed E-state index contributed by atoms with van der Waals surface area (Å²) in [6.45, 7) is 0. The Morgan fingerprint density at radius 1 is 0.288 bits per heavy atom. The third-order valence-electron chi connectivity index (χ3n) is 9.97. The van der Waals surface area contributed by atoms with Crippen LogP contribution < -0.4 is 0 Å². The van der Waals surface area contributed by atoms with Crippen molar-refractivity contribution in [2.24, 2.45) is 0 Å². The molecule has 0 fully saturated rings. The smallest absolute Gasteiger partial charge is 0.164 e. The summed E-state index contributed by atoms with van der Waals surface area (Å²) in [5, 5.41) is 9.66. The van der Waals surface area contributed by atoms with E-state index in [-0.39, 0.29) is 0 Å². The molecule has 242 valence electrons.